The molecule has 0 radical (unpaired) electrons. The fourth-order valence-corrected chi connectivity index (χ4v) is 2.57. The molecule has 23 heavy (non-hydrogen) atoms. The second-order valence-corrected chi connectivity index (χ2v) is 5.52. The van der Waals surface area contributed by atoms with E-state index in [-0.39, 0.29) is 30.2 Å². The summed E-state index contributed by atoms with van der Waals surface area (Å²) in [6.07, 6.45) is 1.78. The maximum absolute atomic E-state index is 13.4. The van der Waals surface area contributed by atoms with Crippen LogP contribution < -0.4 is 4.90 Å². The highest BCUT2D eigenvalue weighted by molar-refractivity contribution is 5.82. The number of hydrogen-bond acceptors (Lipinski definition) is 5. The normalized spacial score (nSPS) is 20.5. The van der Waals surface area contributed by atoms with Gasteiger partial charge in [0.1, 0.15) is 18.4 Å². The van der Waals surface area contributed by atoms with Gasteiger partial charge in [0, 0.05) is 13.1 Å². The van der Waals surface area contributed by atoms with Crippen molar-refractivity contribution in [2.75, 3.05) is 24.5 Å². The second kappa shape index (κ2) is 7.08. The molecule has 1 aromatic rings. The number of rotatable bonds is 3. The van der Waals surface area contributed by atoms with E-state index in [4.69, 9.17) is 10.00 Å². The molecule has 0 bridgehead atoms. The van der Waals surface area contributed by atoms with Gasteiger partial charge in [0.05, 0.1) is 23.5 Å². The number of carbonyl (C=O) groups is 1. The Labute approximate surface area is 134 Å². The van der Waals surface area contributed by atoms with Crippen molar-refractivity contribution >= 4 is 11.6 Å². The molecule has 1 fully saturated rings. The Kier molecular flexibility index (Phi) is 5.15. The van der Waals surface area contributed by atoms with Crippen molar-refractivity contribution in [1.29, 1.82) is 10.5 Å². The molecule has 2 atom stereocenters. The van der Waals surface area contributed by atoms with Crippen LogP contribution in [0.5, 0.6) is 0 Å². The molecule has 1 aromatic carbocycles. The number of benzene rings is 1. The summed E-state index contributed by atoms with van der Waals surface area (Å²) in [6, 6.07) is 5.47. The van der Waals surface area contributed by atoms with Gasteiger partial charge < -0.3 is 9.64 Å². The molecule has 6 nitrogen and oxygen atoms in total. The van der Waals surface area contributed by atoms with Crippen LogP contribution in [-0.4, -0.2) is 42.6 Å². The van der Waals surface area contributed by atoms with Crippen LogP contribution in [0, 0.1) is 28.6 Å². The lowest BCUT2D eigenvalue weighted by molar-refractivity contribution is -0.141. The zero-order chi connectivity index (χ0) is 17.0. The molecule has 2 rings (SSSR count). The summed E-state index contributed by atoms with van der Waals surface area (Å²) in [5.41, 5.74) is 0.150. The predicted octanol–water partition coefficient (Wildman–Crippen LogP) is 1.62. The Balaban J connectivity index is 2.12. The van der Waals surface area contributed by atoms with E-state index in [1.165, 1.54) is 12.1 Å². The molecule has 1 amide bonds. The SMILES string of the molecule is C[C@@H]1CN(C(=O)CN(C#N)c2ccc(F)c(C#N)c2)C[C@@H](C)O1. The van der Waals surface area contributed by atoms with Crippen LogP contribution in [-0.2, 0) is 9.53 Å². The van der Waals surface area contributed by atoms with Gasteiger partial charge in [-0.15, -0.1) is 0 Å². The van der Waals surface area contributed by atoms with Gasteiger partial charge in [-0.3, -0.25) is 9.69 Å². The molecule has 1 aliphatic rings. The average molecular weight is 316 g/mol. The van der Waals surface area contributed by atoms with Crippen molar-refractivity contribution in [3.8, 4) is 12.3 Å². The van der Waals surface area contributed by atoms with Crippen molar-refractivity contribution in [2.45, 2.75) is 26.1 Å². The lowest BCUT2D eigenvalue weighted by Gasteiger charge is -2.35. The minimum Gasteiger partial charge on any atom is -0.372 e. The Bertz CT molecular complexity index is 670. The van der Waals surface area contributed by atoms with E-state index in [0.29, 0.717) is 18.8 Å². The van der Waals surface area contributed by atoms with Gasteiger partial charge in [-0.05, 0) is 32.0 Å². The first-order valence-corrected chi connectivity index (χ1v) is 7.24. The monoisotopic (exact) mass is 316 g/mol. The maximum Gasteiger partial charge on any atom is 0.243 e. The lowest BCUT2D eigenvalue weighted by atomic mass is 10.2. The van der Waals surface area contributed by atoms with E-state index in [9.17, 15) is 14.4 Å². The van der Waals surface area contributed by atoms with Gasteiger partial charge in [0.25, 0.3) is 0 Å². The van der Waals surface area contributed by atoms with Crippen LogP contribution in [0.1, 0.15) is 19.4 Å². The Hall–Kier alpha value is -2.64. The van der Waals surface area contributed by atoms with Crippen LogP contribution in [0.3, 0.4) is 0 Å². The number of anilines is 1. The smallest absolute Gasteiger partial charge is 0.243 e. The highest BCUT2D eigenvalue weighted by Crippen LogP contribution is 2.19. The Morgan fingerprint density at radius 1 is 1.39 bits per heavy atom. The first-order valence-electron chi connectivity index (χ1n) is 7.24. The molecule has 7 heteroatoms. The van der Waals surface area contributed by atoms with Gasteiger partial charge >= 0.3 is 0 Å². The summed E-state index contributed by atoms with van der Waals surface area (Å²) in [5.74, 6) is -0.868. The van der Waals surface area contributed by atoms with Gasteiger partial charge in [0.15, 0.2) is 6.19 Å². The fraction of sp³-hybridized carbons (Fsp3) is 0.438. The molecule has 120 valence electrons. The highest BCUT2D eigenvalue weighted by Gasteiger charge is 2.27. The quantitative estimate of drug-likeness (QED) is 0.625. The van der Waals surface area contributed by atoms with Crippen LogP contribution in [0.2, 0.25) is 0 Å². The first kappa shape index (κ1) is 16.7. The molecule has 0 spiro atoms. The number of nitriles is 2. The maximum atomic E-state index is 13.4. The Morgan fingerprint density at radius 2 is 2.04 bits per heavy atom. The number of halogens is 1. The minimum absolute atomic E-state index is 0.0609. The number of amides is 1. The summed E-state index contributed by atoms with van der Waals surface area (Å²) in [5, 5.41) is 18.1. The van der Waals surface area contributed by atoms with Crippen molar-refractivity contribution in [2.24, 2.45) is 0 Å². The standard InChI is InChI=1S/C16H17FN4O2/c1-11-7-20(8-12(2)23-11)16(22)9-21(10-19)14-3-4-15(17)13(5-14)6-18/h3-5,11-12H,7-9H2,1-2H3/t11-,12-/m1/s1. The molecule has 1 aliphatic heterocycles. The third-order valence-corrected chi connectivity index (χ3v) is 3.57. The zero-order valence-corrected chi connectivity index (χ0v) is 13.0. The molecular weight excluding hydrogens is 299 g/mol. The molecule has 1 saturated heterocycles. The minimum atomic E-state index is -0.656. The van der Waals surface area contributed by atoms with Crippen LogP contribution >= 0.6 is 0 Å². The van der Waals surface area contributed by atoms with E-state index in [2.05, 4.69) is 0 Å². The van der Waals surface area contributed by atoms with E-state index in [0.717, 1.165) is 11.0 Å². The van der Waals surface area contributed by atoms with Crippen LogP contribution in [0.4, 0.5) is 10.1 Å². The number of carbonyl (C=O) groups excluding carboxylic acids is 1. The number of ether oxygens (including phenoxy) is 1. The van der Waals surface area contributed by atoms with Gasteiger partial charge in [-0.25, -0.2) is 4.39 Å². The molecule has 0 N–H and O–H groups in total. The third-order valence-electron chi connectivity index (χ3n) is 3.57. The van der Waals surface area contributed by atoms with Gasteiger partial charge in [-0.2, -0.15) is 10.5 Å². The Morgan fingerprint density at radius 3 is 2.61 bits per heavy atom. The second-order valence-electron chi connectivity index (χ2n) is 5.52. The summed E-state index contributed by atoms with van der Waals surface area (Å²) < 4.78 is 18.9. The van der Waals surface area contributed by atoms with Crippen molar-refractivity contribution < 1.29 is 13.9 Å². The third kappa shape index (κ3) is 3.97. The zero-order valence-electron chi connectivity index (χ0n) is 13.0. The average Bonchev–Trinajstić information content (AvgIpc) is 2.52. The fourth-order valence-electron chi connectivity index (χ4n) is 2.57. The number of morpholine rings is 1. The molecule has 0 unspecified atom stereocenters. The lowest BCUT2D eigenvalue weighted by Crippen LogP contribution is -2.50. The summed E-state index contributed by atoms with van der Waals surface area (Å²) in [4.78, 5) is 15.2. The summed E-state index contributed by atoms with van der Waals surface area (Å²) >= 11 is 0. The number of hydrogen-bond donors (Lipinski definition) is 0. The highest BCUT2D eigenvalue weighted by atomic mass is 19.1. The van der Waals surface area contributed by atoms with E-state index < -0.39 is 5.82 Å². The summed E-state index contributed by atoms with van der Waals surface area (Å²) in [6.45, 7) is 4.55. The summed E-state index contributed by atoms with van der Waals surface area (Å²) in [7, 11) is 0. The molecule has 0 aromatic heterocycles. The molecular formula is C16H17FN4O2. The predicted molar refractivity (Wildman–Crippen MR) is 80.7 cm³/mol. The van der Waals surface area contributed by atoms with E-state index >= 15 is 0 Å². The van der Waals surface area contributed by atoms with Gasteiger partial charge in [0.2, 0.25) is 5.91 Å². The molecule has 0 saturated carbocycles. The van der Waals surface area contributed by atoms with E-state index in [1.807, 2.05) is 20.0 Å². The number of nitrogens with zero attached hydrogens (tertiary/aromatic N) is 4. The van der Waals surface area contributed by atoms with Crippen molar-refractivity contribution in [3.63, 3.8) is 0 Å². The van der Waals surface area contributed by atoms with Crippen molar-refractivity contribution in [1.82, 2.24) is 4.90 Å². The van der Waals surface area contributed by atoms with Crippen LogP contribution in [0.25, 0.3) is 0 Å². The van der Waals surface area contributed by atoms with E-state index in [1.54, 1.807) is 11.0 Å². The first-order chi connectivity index (χ1) is 10.9. The van der Waals surface area contributed by atoms with Crippen LogP contribution in [0.15, 0.2) is 18.2 Å². The van der Waals surface area contributed by atoms with Crippen molar-refractivity contribution in [3.05, 3.63) is 29.6 Å². The topological polar surface area (TPSA) is 80.4 Å². The molecule has 1 heterocycles. The van der Waals surface area contributed by atoms with Gasteiger partial charge in [-0.1, -0.05) is 0 Å². The largest absolute Gasteiger partial charge is 0.372 e. The molecule has 0 aliphatic carbocycles.